The molecule has 1 aliphatic rings. The van der Waals surface area contributed by atoms with E-state index in [1.165, 1.54) is 11.3 Å². The van der Waals surface area contributed by atoms with E-state index in [-0.39, 0.29) is 11.4 Å². The summed E-state index contributed by atoms with van der Waals surface area (Å²) in [5.41, 5.74) is 0.907. The number of unbranched alkanes of at least 4 members (excludes halogenated alkanes) is 2. The normalized spacial score (nSPS) is 16.2. The van der Waals surface area contributed by atoms with Gasteiger partial charge in [-0.2, -0.15) is 0 Å². The van der Waals surface area contributed by atoms with Crippen LogP contribution in [-0.2, 0) is 4.79 Å². The van der Waals surface area contributed by atoms with Crippen LogP contribution < -0.4 is 4.74 Å². The highest BCUT2D eigenvalue weighted by molar-refractivity contribution is 7.12. The molecule has 33 heavy (non-hydrogen) atoms. The standard InChI is InChI=1S/C26H34N2O4S/c1-4-7-8-16-32-20-12-9-11-19(18-20)23-22(24(29)21-13-10-17-33-21)25(30)26(31)28(23)15-14-27(5-2)6-3/h9-13,17-18,23,30H,4-8,14-16H2,1-3H3. The molecule has 0 aliphatic carbocycles. The van der Waals surface area contributed by atoms with Gasteiger partial charge in [-0.05, 0) is 48.7 Å². The van der Waals surface area contributed by atoms with E-state index in [1.807, 2.05) is 29.6 Å². The number of likely N-dealkylation sites (N-methyl/N-ethyl adjacent to an activating group) is 1. The van der Waals surface area contributed by atoms with E-state index in [9.17, 15) is 14.7 Å². The number of nitrogens with zero attached hydrogens (tertiary/aromatic N) is 2. The van der Waals surface area contributed by atoms with Crippen LogP contribution >= 0.6 is 11.3 Å². The lowest BCUT2D eigenvalue weighted by molar-refractivity contribution is -0.129. The summed E-state index contributed by atoms with van der Waals surface area (Å²) in [5, 5.41) is 12.6. The number of Topliss-reactive ketones (excluding diaryl/α,β-unsaturated/α-hetero) is 1. The van der Waals surface area contributed by atoms with E-state index >= 15 is 0 Å². The molecule has 7 heteroatoms. The van der Waals surface area contributed by atoms with Crippen molar-refractivity contribution in [2.45, 2.75) is 46.1 Å². The second-order valence-electron chi connectivity index (χ2n) is 8.12. The number of carbonyl (C=O) groups excluding carboxylic acids is 2. The third-order valence-corrected chi connectivity index (χ3v) is 6.90. The number of aliphatic hydroxyl groups is 1. The van der Waals surface area contributed by atoms with Gasteiger partial charge in [0.05, 0.1) is 23.1 Å². The second-order valence-corrected chi connectivity index (χ2v) is 9.07. The van der Waals surface area contributed by atoms with Crippen molar-refractivity contribution in [1.82, 2.24) is 9.80 Å². The molecule has 1 atom stereocenters. The van der Waals surface area contributed by atoms with Gasteiger partial charge in [-0.3, -0.25) is 9.59 Å². The molecule has 6 nitrogen and oxygen atoms in total. The van der Waals surface area contributed by atoms with Crippen LogP contribution in [0.5, 0.6) is 5.75 Å². The summed E-state index contributed by atoms with van der Waals surface area (Å²) in [5.74, 6) is -0.553. The molecule has 1 aromatic heterocycles. The lowest BCUT2D eigenvalue weighted by atomic mass is 9.95. The predicted octanol–water partition coefficient (Wildman–Crippen LogP) is 5.24. The van der Waals surface area contributed by atoms with Crippen LogP contribution in [0.15, 0.2) is 53.1 Å². The minimum absolute atomic E-state index is 0.144. The van der Waals surface area contributed by atoms with Crippen LogP contribution in [0.4, 0.5) is 0 Å². The third kappa shape index (κ3) is 5.84. The lowest BCUT2D eigenvalue weighted by Crippen LogP contribution is -2.38. The first-order valence-corrected chi connectivity index (χ1v) is 12.7. The topological polar surface area (TPSA) is 70.1 Å². The van der Waals surface area contributed by atoms with E-state index in [2.05, 4.69) is 25.7 Å². The second kappa shape index (κ2) is 12.0. The Morgan fingerprint density at radius 1 is 1.15 bits per heavy atom. The Balaban J connectivity index is 1.94. The van der Waals surface area contributed by atoms with Crippen molar-refractivity contribution in [3.8, 4) is 5.75 Å². The Kier molecular flexibility index (Phi) is 9.09. The minimum atomic E-state index is -0.651. The number of ketones is 1. The van der Waals surface area contributed by atoms with E-state index in [4.69, 9.17) is 4.74 Å². The molecule has 1 unspecified atom stereocenters. The Labute approximate surface area is 200 Å². The van der Waals surface area contributed by atoms with Gasteiger partial charge in [0.15, 0.2) is 5.76 Å². The highest BCUT2D eigenvalue weighted by Crippen LogP contribution is 2.40. The molecule has 2 aromatic rings. The van der Waals surface area contributed by atoms with Crippen molar-refractivity contribution in [3.63, 3.8) is 0 Å². The van der Waals surface area contributed by atoms with E-state index in [0.717, 1.165) is 37.9 Å². The molecule has 2 heterocycles. The molecule has 0 bridgehead atoms. The van der Waals surface area contributed by atoms with Crippen molar-refractivity contribution in [2.24, 2.45) is 0 Å². The van der Waals surface area contributed by atoms with Gasteiger partial charge >= 0.3 is 0 Å². The summed E-state index contributed by atoms with van der Waals surface area (Å²) in [6.07, 6.45) is 3.20. The van der Waals surface area contributed by atoms with Gasteiger partial charge in [0.25, 0.3) is 5.91 Å². The van der Waals surface area contributed by atoms with E-state index in [1.54, 1.807) is 17.0 Å². The van der Waals surface area contributed by atoms with Gasteiger partial charge in [-0.25, -0.2) is 0 Å². The Bertz CT molecular complexity index is 966. The lowest BCUT2D eigenvalue weighted by Gasteiger charge is -2.29. The van der Waals surface area contributed by atoms with Gasteiger partial charge in [0.2, 0.25) is 5.78 Å². The maximum atomic E-state index is 13.3. The van der Waals surface area contributed by atoms with Crippen LogP contribution in [-0.4, -0.2) is 59.4 Å². The van der Waals surface area contributed by atoms with Crippen LogP contribution in [0, 0.1) is 0 Å². The van der Waals surface area contributed by atoms with Crippen molar-refractivity contribution in [2.75, 3.05) is 32.8 Å². The molecule has 3 rings (SSSR count). The SMILES string of the molecule is CCCCCOc1cccc(C2C(C(=O)c3cccs3)=C(O)C(=O)N2CCN(CC)CC)c1. The van der Waals surface area contributed by atoms with Crippen molar-refractivity contribution in [1.29, 1.82) is 0 Å². The number of hydrogen-bond donors (Lipinski definition) is 1. The fraction of sp³-hybridized carbons (Fsp3) is 0.462. The number of ether oxygens (including phenoxy) is 1. The van der Waals surface area contributed by atoms with Gasteiger partial charge < -0.3 is 19.6 Å². The molecule has 1 aromatic carbocycles. The number of carbonyl (C=O) groups is 2. The van der Waals surface area contributed by atoms with Gasteiger partial charge in [0, 0.05) is 13.1 Å². The van der Waals surface area contributed by atoms with E-state index in [0.29, 0.717) is 30.3 Å². The number of hydrogen-bond acceptors (Lipinski definition) is 6. The summed E-state index contributed by atoms with van der Waals surface area (Å²) < 4.78 is 5.93. The number of rotatable bonds is 13. The molecular weight excluding hydrogens is 436 g/mol. The zero-order chi connectivity index (χ0) is 23.8. The quantitative estimate of drug-likeness (QED) is 0.320. The molecule has 0 saturated carbocycles. The Morgan fingerprint density at radius 3 is 2.61 bits per heavy atom. The van der Waals surface area contributed by atoms with Crippen LogP contribution in [0.25, 0.3) is 0 Å². The summed E-state index contributed by atoms with van der Waals surface area (Å²) in [4.78, 5) is 30.8. The maximum Gasteiger partial charge on any atom is 0.290 e. The Morgan fingerprint density at radius 2 is 1.94 bits per heavy atom. The molecule has 178 valence electrons. The fourth-order valence-electron chi connectivity index (χ4n) is 4.11. The summed E-state index contributed by atoms with van der Waals surface area (Å²) >= 11 is 1.31. The summed E-state index contributed by atoms with van der Waals surface area (Å²) in [6, 6.07) is 10.4. The number of thiophene rings is 1. The summed E-state index contributed by atoms with van der Waals surface area (Å²) in [7, 11) is 0. The Hall–Kier alpha value is -2.64. The molecule has 0 radical (unpaired) electrons. The van der Waals surface area contributed by atoms with Gasteiger partial charge in [-0.15, -0.1) is 11.3 Å². The fourth-order valence-corrected chi connectivity index (χ4v) is 4.79. The van der Waals surface area contributed by atoms with Crippen molar-refractivity contribution in [3.05, 3.63) is 63.6 Å². The van der Waals surface area contributed by atoms with Crippen LogP contribution in [0.1, 0.15) is 61.3 Å². The minimum Gasteiger partial charge on any atom is -0.503 e. The van der Waals surface area contributed by atoms with Gasteiger partial charge in [-0.1, -0.05) is 51.8 Å². The zero-order valence-electron chi connectivity index (χ0n) is 19.8. The van der Waals surface area contributed by atoms with Gasteiger partial charge in [0.1, 0.15) is 5.75 Å². The highest BCUT2D eigenvalue weighted by Gasteiger charge is 2.44. The average molecular weight is 471 g/mol. The number of amides is 1. The molecular formula is C26H34N2O4S. The average Bonchev–Trinajstić information content (AvgIpc) is 3.45. The molecule has 1 aliphatic heterocycles. The monoisotopic (exact) mass is 470 g/mol. The number of aliphatic hydroxyl groups excluding tert-OH is 1. The van der Waals surface area contributed by atoms with E-state index < -0.39 is 17.7 Å². The highest BCUT2D eigenvalue weighted by atomic mass is 32.1. The molecule has 1 N–H and O–H groups in total. The third-order valence-electron chi connectivity index (χ3n) is 6.04. The molecule has 1 amide bonds. The molecule has 0 fully saturated rings. The maximum absolute atomic E-state index is 13.3. The first kappa shape index (κ1) is 25.0. The molecule has 0 saturated heterocycles. The smallest absolute Gasteiger partial charge is 0.290 e. The summed E-state index contributed by atoms with van der Waals surface area (Å²) in [6.45, 7) is 9.73. The van der Waals surface area contributed by atoms with Crippen LogP contribution in [0.2, 0.25) is 0 Å². The van der Waals surface area contributed by atoms with Crippen LogP contribution in [0.3, 0.4) is 0 Å². The van der Waals surface area contributed by atoms with Crippen molar-refractivity contribution >= 4 is 23.0 Å². The predicted molar refractivity (Wildman–Crippen MR) is 132 cm³/mol. The number of benzene rings is 1. The first-order chi connectivity index (χ1) is 16.0. The molecule has 0 spiro atoms. The zero-order valence-corrected chi connectivity index (χ0v) is 20.6. The largest absolute Gasteiger partial charge is 0.503 e. The first-order valence-electron chi connectivity index (χ1n) is 11.8. The van der Waals surface area contributed by atoms with Crippen molar-refractivity contribution < 1.29 is 19.4 Å².